The fourth-order valence-electron chi connectivity index (χ4n) is 1.73. The summed E-state index contributed by atoms with van der Waals surface area (Å²) >= 11 is 0. The Bertz CT molecular complexity index is 355. The highest BCUT2D eigenvalue weighted by Gasteiger charge is 2.07. The van der Waals surface area contributed by atoms with E-state index in [1.807, 2.05) is 6.07 Å². The molecule has 2 rings (SSSR count). The maximum absolute atomic E-state index is 5.79. The van der Waals surface area contributed by atoms with Crippen molar-refractivity contribution in [3.05, 3.63) is 35.9 Å². The molecule has 0 fully saturated rings. The van der Waals surface area contributed by atoms with Crippen LogP contribution in [0.3, 0.4) is 0 Å². The van der Waals surface area contributed by atoms with Crippen LogP contribution in [0.4, 0.5) is 11.4 Å². The normalized spacial score (nSPS) is 15.9. The molecule has 1 aromatic carbocycles. The van der Waals surface area contributed by atoms with Gasteiger partial charge in [0.1, 0.15) is 0 Å². The molecule has 1 aromatic rings. The fraction of sp³-hybridized carbons (Fsp3) is 0.333. The third-order valence-electron chi connectivity index (χ3n) is 2.68. The Morgan fingerprint density at radius 2 is 2.14 bits per heavy atom. The van der Waals surface area contributed by atoms with Gasteiger partial charge in [-0.1, -0.05) is 12.2 Å². The van der Waals surface area contributed by atoms with Crippen LogP contribution in [0.2, 0.25) is 0 Å². The Hall–Kier alpha value is -1.44. The Balaban J connectivity index is 2.23. The smallest absolute Gasteiger partial charge is 0.0373 e. The standard InChI is InChI=1S/C12H16N2/c1-10-9-11(5-6-12(10)13)14-7-3-2-4-8-14/h2-3,5-6,9H,4,7-8,13H2,1H3. The lowest BCUT2D eigenvalue weighted by Crippen LogP contribution is -2.26. The van der Waals surface area contributed by atoms with Crippen molar-refractivity contribution in [2.24, 2.45) is 0 Å². The number of nitrogens with zero attached hydrogens (tertiary/aromatic N) is 1. The lowest BCUT2D eigenvalue weighted by molar-refractivity contribution is 0.821. The van der Waals surface area contributed by atoms with Crippen LogP contribution in [0.15, 0.2) is 30.4 Å². The first-order valence-electron chi connectivity index (χ1n) is 5.03. The molecule has 0 amide bonds. The highest BCUT2D eigenvalue weighted by atomic mass is 15.1. The number of aryl methyl sites for hydroxylation is 1. The Labute approximate surface area is 85.0 Å². The van der Waals surface area contributed by atoms with Crippen molar-refractivity contribution in [1.82, 2.24) is 0 Å². The van der Waals surface area contributed by atoms with Crippen LogP contribution in [-0.4, -0.2) is 13.1 Å². The van der Waals surface area contributed by atoms with Gasteiger partial charge < -0.3 is 10.6 Å². The number of nitrogen functional groups attached to an aromatic ring is 1. The second kappa shape index (κ2) is 3.74. The second-order valence-electron chi connectivity index (χ2n) is 3.75. The molecule has 2 N–H and O–H groups in total. The molecule has 0 atom stereocenters. The Morgan fingerprint density at radius 3 is 2.79 bits per heavy atom. The van der Waals surface area contributed by atoms with E-state index in [4.69, 9.17) is 5.73 Å². The zero-order chi connectivity index (χ0) is 9.97. The van der Waals surface area contributed by atoms with Crippen LogP contribution in [0, 0.1) is 6.92 Å². The third kappa shape index (κ3) is 1.74. The number of rotatable bonds is 1. The summed E-state index contributed by atoms with van der Waals surface area (Å²) in [5.74, 6) is 0. The monoisotopic (exact) mass is 188 g/mol. The highest BCUT2D eigenvalue weighted by molar-refractivity contribution is 5.58. The van der Waals surface area contributed by atoms with Gasteiger partial charge in [0.25, 0.3) is 0 Å². The van der Waals surface area contributed by atoms with Crippen LogP contribution < -0.4 is 10.6 Å². The number of anilines is 2. The highest BCUT2D eigenvalue weighted by Crippen LogP contribution is 2.21. The molecule has 2 heteroatoms. The van der Waals surface area contributed by atoms with Crippen LogP contribution in [0.25, 0.3) is 0 Å². The summed E-state index contributed by atoms with van der Waals surface area (Å²) in [4.78, 5) is 2.37. The number of nitrogens with two attached hydrogens (primary N) is 1. The van der Waals surface area contributed by atoms with Crippen molar-refractivity contribution in [1.29, 1.82) is 0 Å². The topological polar surface area (TPSA) is 29.3 Å². The zero-order valence-electron chi connectivity index (χ0n) is 8.53. The van der Waals surface area contributed by atoms with Crippen molar-refractivity contribution in [3.8, 4) is 0 Å². The maximum atomic E-state index is 5.79. The molecule has 0 saturated carbocycles. The molecule has 0 aromatic heterocycles. The van der Waals surface area contributed by atoms with Gasteiger partial charge in [-0.25, -0.2) is 0 Å². The van der Waals surface area contributed by atoms with E-state index in [0.717, 1.165) is 30.8 Å². The molecule has 74 valence electrons. The average Bonchev–Trinajstić information content (AvgIpc) is 2.23. The van der Waals surface area contributed by atoms with E-state index in [9.17, 15) is 0 Å². The molecular formula is C12H16N2. The molecular weight excluding hydrogens is 172 g/mol. The zero-order valence-corrected chi connectivity index (χ0v) is 8.53. The van der Waals surface area contributed by atoms with Crippen molar-refractivity contribution in [2.75, 3.05) is 23.7 Å². The largest absolute Gasteiger partial charge is 0.399 e. The molecule has 0 aliphatic carbocycles. The van der Waals surface area contributed by atoms with Gasteiger partial charge in [0.05, 0.1) is 0 Å². The first kappa shape index (κ1) is 9.13. The molecule has 1 aliphatic rings. The number of hydrogen-bond donors (Lipinski definition) is 1. The van der Waals surface area contributed by atoms with Crippen LogP contribution in [0.1, 0.15) is 12.0 Å². The first-order valence-corrected chi connectivity index (χ1v) is 5.03. The molecule has 0 bridgehead atoms. The van der Waals surface area contributed by atoms with E-state index in [0.29, 0.717) is 0 Å². The van der Waals surface area contributed by atoms with Crippen LogP contribution in [-0.2, 0) is 0 Å². The third-order valence-corrected chi connectivity index (χ3v) is 2.68. The van der Waals surface area contributed by atoms with E-state index in [2.05, 4.69) is 36.1 Å². The molecule has 14 heavy (non-hydrogen) atoms. The van der Waals surface area contributed by atoms with Gasteiger partial charge in [-0.15, -0.1) is 0 Å². The SMILES string of the molecule is Cc1cc(N2CC=CCC2)ccc1N. The van der Waals surface area contributed by atoms with Crippen LogP contribution in [0.5, 0.6) is 0 Å². The summed E-state index contributed by atoms with van der Waals surface area (Å²) in [6, 6.07) is 6.25. The van der Waals surface area contributed by atoms with E-state index < -0.39 is 0 Å². The second-order valence-corrected chi connectivity index (χ2v) is 3.75. The van der Waals surface area contributed by atoms with Crippen LogP contribution >= 0.6 is 0 Å². The molecule has 0 unspecified atom stereocenters. The van der Waals surface area contributed by atoms with Crippen molar-refractivity contribution in [3.63, 3.8) is 0 Å². The van der Waals surface area contributed by atoms with E-state index in [1.54, 1.807) is 0 Å². The minimum absolute atomic E-state index is 0.876. The quantitative estimate of drug-likeness (QED) is 0.541. The Kier molecular flexibility index (Phi) is 2.44. The van der Waals surface area contributed by atoms with E-state index >= 15 is 0 Å². The Morgan fingerprint density at radius 1 is 1.29 bits per heavy atom. The maximum Gasteiger partial charge on any atom is 0.0373 e. The first-order chi connectivity index (χ1) is 6.77. The summed E-state index contributed by atoms with van der Waals surface area (Å²) in [6.45, 7) is 4.18. The van der Waals surface area contributed by atoms with Gasteiger partial charge in [-0.2, -0.15) is 0 Å². The van der Waals surface area contributed by atoms with Gasteiger partial charge in [-0.3, -0.25) is 0 Å². The van der Waals surface area contributed by atoms with Crippen molar-refractivity contribution in [2.45, 2.75) is 13.3 Å². The lowest BCUT2D eigenvalue weighted by atomic mass is 10.1. The predicted molar refractivity (Wildman–Crippen MR) is 61.6 cm³/mol. The number of benzene rings is 1. The fourth-order valence-corrected chi connectivity index (χ4v) is 1.73. The van der Waals surface area contributed by atoms with E-state index in [1.165, 1.54) is 5.69 Å². The molecule has 0 radical (unpaired) electrons. The van der Waals surface area contributed by atoms with Crippen molar-refractivity contribution >= 4 is 11.4 Å². The van der Waals surface area contributed by atoms with E-state index in [-0.39, 0.29) is 0 Å². The van der Waals surface area contributed by atoms with Gasteiger partial charge in [0, 0.05) is 24.5 Å². The van der Waals surface area contributed by atoms with Gasteiger partial charge in [-0.05, 0) is 37.1 Å². The lowest BCUT2D eigenvalue weighted by Gasteiger charge is -2.26. The van der Waals surface area contributed by atoms with Gasteiger partial charge >= 0.3 is 0 Å². The average molecular weight is 188 g/mol. The van der Waals surface area contributed by atoms with Crippen molar-refractivity contribution < 1.29 is 0 Å². The number of hydrogen-bond acceptors (Lipinski definition) is 2. The molecule has 1 heterocycles. The molecule has 0 saturated heterocycles. The minimum Gasteiger partial charge on any atom is -0.399 e. The van der Waals surface area contributed by atoms with Gasteiger partial charge in [0.2, 0.25) is 0 Å². The summed E-state index contributed by atoms with van der Waals surface area (Å²) in [7, 11) is 0. The predicted octanol–water partition coefficient (Wildman–Crippen LogP) is 2.34. The van der Waals surface area contributed by atoms with Gasteiger partial charge in [0.15, 0.2) is 0 Å². The molecule has 2 nitrogen and oxygen atoms in total. The summed E-state index contributed by atoms with van der Waals surface area (Å²) < 4.78 is 0. The summed E-state index contributed by atoms with van der Waals surface area (Å²) in [6.07, 6.45) is 5.60. The minimum atomic E-state index is 0.876. The molecule has 0 spiro atoms. The summed E-state index contributed by atoms with van der Waals surface area (Å²) in [5.41, 5.74) is 9.10. The molecule has 1 aliphatic heterocycles. The summed E-state index contributed by atoms with van der Waals surface area (Å²) in [5, 5.41) is 0.